The van der Waals surface area contributed by atoms with Gasteiger partial charge in [-0.05, 0) is 89.5 Å². The Bertz CT molecular complexity index is 2610. The van der Waals surface area contributed by atoms with Crippen molar-refractivity contribution in [2.24, 2.45) is 0 Å². The van der Waals surface area contributed by atoms with Crippen molar-refractivity contribution in [1.29, 1.82) is 0 Å². The molecule has 2 aliphatic carbocycles. The summed E-state index contributed by atoms with van der Waals surface area (Å²) < 4.78 is 0. The van der Waals surface area contributed by atoms with E-state index in [-0.39, 0.29) is 0 Å². The SMILES string of the molecule is c1ccc2c(c1)-c1c(-c3cccc4c3-c3cccc5cccc(c35)S4)cccc1C21c2ccccc2-c2cccc3cccc1c23. The second-order valence-electron chi connectivity index (χ2n) is 12.7. The summed E-state index contributed by atoms with van der Waals surface area (Å²) in [6.07, 6.45) is 0. The smallest absolute Gasteiger partial charge is 0.0725 e. The molecule has 8 aromatic carbocycles. The van der Waals surface area contributed by atoms with Crippen LogP contribution in [0.4, 0.5) is 0 Å². The first kappa shape index (κ1) is 24.9. The van der Waals surface area contributed by atoms with Crippen molar-refractivity contribution < 1.29 is 0 Å². The molecule has 212 valence electrons. The minimum Gasteiger partial charge on any atom is -0.0888 e. The first-order chi connectivity index (χ1) is 22.8. The Morgan fingerprint density at radius 2 is 0.804 bits per heavy atom. The predicted molar refractivity (Wildman–Crippen MR) is 193 cm³/mol. The van der Waals surface area contributed by atoms with Gasteiger partial charge in [-0.3, -0.25) is 0 Å². The summed E-state index contributed by atoms with van der Waals surface area (Å²) in [5, 5.41) is 5.33. The highest BCUT2D eigenvalue weighted by molar-refractivity contribution is 7.99. The second-order valence-corrected chi connectivity index (χ2v) is 13.8. The summed E-state index contributed by atoms with van der Waals surface area (Å²) in [6, 6.07) is 59.5. The van der Waals surface area contributed by atoms with Crippen LogP contribution in [0.3, 0.4) is 0 Å². The van der Waals surface area contributed by atoms with E-state index < -0.39 is 5.41 Å². The van der Waals surface area contributed by atoms with Crippen LogP contribution in [0, 0.1) is 0 Å². The summed E-state index contributed by atoms with van der Waals surface area (Å²) in [5.74, 6) is 0. The highest BCUT2D eigenvalue weighted by Gasteiger charge is 2.50. The largest absolute Gasteiger partial charge is 0.0888 e. The van der Waals surface area contributed by atoms with Gasteiger partial charge in [-0.2, -0.15) is 0 Å². The quantitative estimate of drug-likeness (QED) is 0.181. The molecule has 3 aliphatic rings. The Morgan fingerprint density at radius 3 is 1.63 bits per heavy atom. The molecule has 11 rings (SSSR count). The molecular weight excluding hydrogens is 573 g/mol. The van der Waals surface area contributed by atoms with Crippen molar-refractivity contribution in [2.45, 2.75) is 15.2 Å². The highest BCUT2D eigenvalue weighted by Crippen LogP contribution is 2.63. The van der Waals surface area contributed by atoms with Crippen LogP contribution in [-0.2, 0) is 5.41 Å². The third kappa shape index (κ3) is 2.93. The molecule has 1 heterocycles. The van der Waals surface area contributed by atoms with Gasteiger partial charge in [0.15, 0.2) is 0 Å². The average molecular weight is 599 g/mol. The lowest BCUT2D eigenvalue weighted by atomic mass is 9.61. The summed E-state index contributed by atoms with van der Waals surface area (Å²) in [7, 11) is 0. The van der Waals surface area contributed by atoms with Gasteiger partial charge in [0.1, 0.15) is 0 Å². The maximum absolute atomic E-state index is 2.41. The molecule has 8 aromatic rings. The summed E-state index contributed by atoms with van der Waals surface area (Å²) in [6.45, 7) is 0. The van der Waals surface area contributed by atoms with E-state index in [4.69, 9.17) is 0 Å². The third-order valence-electron chi connectivity index (χ3n) is 10.7. The van der Waals surface area contributed by atoms with Gasteiger partial charge in [-0.1, -0.05) is 157 Å². The molecule has 0 radical (unpaired) electrons. The summed E-state index contributed by atoms with van der Waals surface area (Å²) >= 11 is 1.90. The van der Waals surface area contributed by atoms with Crippen molar-refractivity contribution in [3.8, 4) is 44.5 Å². The summed E-state index contributed by atoms with van der Waals surface area (Å²) in [5.41, 5.74) is 15.7. The van der Waals surface area contributed by atoms with Gasteiger partial charge in [-0.15, -0.1) is 0 Å². The molecule has 46 heavy (non-hydrogen) atoms. The minimum atomic E-state index is -0.414. The van der Waals surface area contributed by atoms with Crippen molar-refractivity contribution in [3.05, 3.63) is 180 Å². The van der Waals surface area contributed by atoms with Gasteiger partial charge >= 0.3 is 0 Å². The Kier molecular flexibility index (Phi) is 4.80. The highest BCUT2D eigenvalue weighted by atomic mass is 32.2. The number of hydrogen-bond donors (Lipinski definition) is 0. The Labute approximate surface area is 272 Å². The number of rotatable bonds is 1. The minimum absolute atomic E-state index is 0.414. The monoisotopic (exact) mass is 598 g/mol. The lowest BCUT2D eigenvalue weighted by molar-refractivity contribution is 0.773. The lowest BCUT2D eigenvalue weighted by Gasteiger charge is -2.40. The molecule has 0 aromatic heterocycles. The molecule has 1 aliphatic heterocycles. The first-order valence-electron chi connectivity index (χ1n) is 16.0. The fraction of sp³-hybridized carbons (Fsp3) is 0.0222. The molecule has 1 unspecified atom stereocenters. The van der Waals surface area contributed by atoms with Crippen molar-refractivity contribution >= 4 is 33.3 Å². The van der Waals surface area contributed by atoms with Gasteiger partial charge < -0.3 is 0 Å². The lowest BCUT2D eigenvalue weighted by Crippen LogP contribution is -2.31. The molecule has 0 bridgehead atoms. The second kappa shape index (κ2) is 8.88. The third-order valence-corrected chi connectivity index (χ3v) is 11.8. The molecule has 1 atom stereocenters. The molecule has 1 heteroatoms. The van der Waals surface area contributed by atoms with Gasteiger partial charge in [0, 0.05) is 20.7 Å². The Balaban J connectivity index is 1.29. The average Bonchev–Trinajstić information content (AvgIpc) is 3.41. The zero-order chi connectivity index (χ0) is 30.0. The van der Waals surface area contributed by atoms with Crippen LogP contribution < -0.4 is 0 Å². The normalized spacial score (nSPS) is 16.3. The molecular formula is C45H26S. The van der Waals surface area contributed by atoms with Crippen LogP contribution in [0.1, 0.15) is 22.3 Å². The first-order valence-corrected chi connectivity index (χ1v) is 16.8. The molecule has 0 N–H and O–H groups in total. The van der Waals surface area contributed by atoms with E-state index in [0.717, 1.165) is 0 Å². The number of hydrogen-bond acceptors (Lipinski definition) is 1. The molecule has 0 fully saturated rings. The van der Waals surface area contributed by atoms with Crippen LogP contribution in [0.5, 0.6) is 0 Å². The maximum Gasteiger partial charge on any atom is 0.0725 e. The standard InChI is InChI=1S/C45H26S/c1-3-21-35-29(15-1)30-17-5-11-27-13-7-23-37(41(27)30)45(35)36-22-4-2-16-33(36)43-31(18-9-24-38(43)45)32-19-10-26-40-44(32)34-20-6-12-28-14-8-25-39(46-40)42(28)34/h1-26H. The van der Waals surface area contributed by atoms with E-state index in [1.807, 2.05) is 11.8 Å². The number of benzene rings is 8. The molecule has 0 saturated carbocycles. The van der Waals surface area contributed by atoms with Crippen LogP contribution in [0.25, 0.3) is 66.1 Å². The van der Waals surface area contributed by atoms with Gasteiger partial charge in [0.2, 0.25) is 0 Å². The van der Waals surface area contributed by atoms with Crippen molar-refractivity contribution in [2.75, 3.05) is 0 Å². The van der Waals surface area contributed by atoms with E-state index in [2.05, 4.69) is 158 Å². The number of fused-ring (bicyclic) bond motifs is 11. The topological polar surface area (TPSA) is 0 Å². The van der Waals surface area contributed by atoms with Crippen molar-refractivity contribution in [3.63, 3.8) is 0 Å². The van der Waals surface area contributed by atoms with Crippen LogP contribution in [0.15, 0.2) is 168 Å². The van der Waals surface area contributed by atoms with Gasteiger partial charge in [0.05, 0.1) is 5.41 Å². The van der Waals surface area contributed by atoms with Crippen LogP contribution in [0.2, 0.25) is 0 Å². The maximum atomic E-state index is 2.41. The van der Waals surface area contributed by atoms with Crippen LogP contribution in [-0.4, -0.2) is 0 Å². The molecule has 0 amide bonds. The van der Waals surface area contributed by atoms with E-state index in [1.165, 1.54) is 98.1 Å². The van der Waals surface area contributed by atoms with Crippen molar-refractivity contribution in [1.82, 2.24) is 0 Å². The molecule has 0 saturated heterocycles. The van der Waals surface area contributed by atoms with Crippen LogP contribution >= 0.6 is 11.8 Å². The zero-order valence-corrected chi connectivity index (χ0v) is 25.7. The van der Waals surface area contributed by atoms with E-state index in [1.54, 1.807) is 0 Å². The zero-order valence-electron chi connectivity index (χ0n) is 24.9. The van der Waals surface area contributed by atoms with E-state index in [9.17, 15) is 0 Å². The van der Waals surface area contributed by atoms with Gasteiger partial charge in [0.25, 0.3) is 0 Å². The van der Waals surface area contributed by atoms with E-state index >= 15 is 0 Å². The molecule has 1 spiro atoms. The summed E-state index contributed by atoms with van der Waals surface area (Å²) in [4.78, 5) is 2.66. The van der Waals surface area contributed by atoms with E-state index in [0.29, 0.717) is 0 Å². The fourth-order valence-electron chi connectivity index (χ4n) is 9.04. The Morgan fingerprint density at radius 1 is 0.304 bits per heavy atom. The fourth-order valence-corrected chi connectivity index (χ4v) is 10.2. The Hall–Kier alpha value is -5.37. The predicted octanol–water partition coefficient (Wildman–Crippen LogP) is 12.1. The molecule has 0 nitrogen and oxygen atoms in total. The van der Waals surface area contributed by atoms with Gasteiger partial charge in [-0.25, -0.2) is 0 Å².